The maximum absolute atomic E-state index is 13.3. The average Bonchev–Trinajstić information content (AvgIpc) is 3.20. The Morgan fingerprint density at radius 3 is 2.52 bits per heavy atom. The van der Waals surface area contributed by atoms with Gasteiger partial charge in [0, 0.05) is 23.5 Å². The number of nitrogens with one attached hydrogen (secondary N) is 2. The summed E-state index contributed by atoms with van der Waals surface area (Å²) in [4.78, 5) is 41.4. The van der Waals surface area contributed by atoms with Crippen molar-refractivity contribution in [1.29, 1.82) is 0 Å². The van der Waals surface area contributed by atoms with Gasteiger partial charge in [0.15, 0.2) is 0 Å². The van der Waals surface area contributed by atoms with Crippen LogP contribution in [0, 0.1) is 5.92 Å². The number of hydrogen-bond acceptors (Lipinski definition) is 5. The Labute approximate surface area is 189 Å². The van der Waals surface area contributed by atoms with Gasteiger partial charge in [-0.1, -0.05) is 49.4 Å². The van der Waals surface area contributed by atoms with E-state index in [0.29, 0.717) is 17.3 Å². The number of aromatic nitrogens is 4. The molecule has 4 aromatic rings. The van der Waals surface area contributed by atoms with Gasteiger partial charge in [0.05, 0.1) is 5.39 Å². The summed E-state index contributed by atoms with van der Waals surface area (Å²) in [6.07, 6.45) is 2.15. The summed E-state index contributed by atoms with van der Waals surface area (Å²) >= 11 is 0. The fraction of sp³-hybridized carbons (Fsp3) is 0.292. The fourth-order valence-corrected chi connectivity index (χ4v) is 3.96. The number of H-pyrrole nitrogens is 1. The van der Waals surface area contributed by atoms with E-state index >= 15 is 0 Å². The molecule has 0 bridgehead atoms. The van der Waals surface area contributed by atoms with E-state index in [1.165, 1.54) is 0 Å². The summed E-state index contributed by atoms with van der Waals surface area (Å²) in [6, 6.07) is 12.2. The molecule has 170 valence electrons. The first-order valence-corrected chi connectivity index (χ1v) is 10.8. The number of fused-ring (bicyclic) bond motifs is 2. The quantitative estimate of drug-likeness (QED) is 0.381. The average molecular weight is 447 g/mol. The summed E-state index contributed by atoms with van der Waals surface area (Å²) in [7, 11) is 0. The van der Waals surface area contributed by atoms with E-state index in [9.17, 15) is 19.5 Å². The molecule has 2 atom stereocenters. The zero-order chi connectivity index (χ0) is 23.5. The molecule has 0 spiro atoms. The van der Waals surface area contributed by atoms with E-state index in [-0.39, 0.29) is 12.3 Å². The zero-order valence-corrected chi connectivity index (χ0v) is 18.4. The summed E-state index contributed by atoms with van der Waals surface area (Å²) in [6.45, 7) is 3.83. The number of aromatic amines is 1. The third-order valence-corrected chi connectivity index (χ3v) is 5.60. The van der Waals surface area contributed by atoms with Crippen LogP contribution in [0.5, 0.6) is 0 Å². The van der Waals surface area contributed by atoms with Crippen LogP contribution < -0.4 is 10.9 Å². The number of carboxylic acids is 1. The number of carbonyl (C=O) groups is 2. The third kappa shape index (κ3) is 4.62. The number of para-hydroxylation sites is 1. The van der Waals surface area contributed by atoms with E-state index < -0.39 is 29.5 Å². The highest BCUT2D eigenvalue weighted by atomic mass is 16.4. The first-order chi connectivity index (χ1) is 15.8. The van der Waals surface area contributed by atoms with Crippen LogP contribution in [0.3, 0.4) is 0 Å². The Kier molecular flexibility index (Phi) is 6.21. The molecule has 0 fully saturated rings. The van der Waals surface area contributed by atoms with Gasteiger partial charge >= 0.3 is 5.97 Å². The highest BCUT2D eigenvalue weighted by Crippen LogP contribution is 2.21. The minimum Gasteiger partial charge on any atom is -0.480 e. The fourth-order valence-electron chi connectivity index (χ4n) is 3.96. The van der Waals surface area contributed by atoms with Gasteiger partial charge in [0.2, 0.25) is 5.91 Å². The molecule has 2 unspecified atom stereocenters. The Bertz CT molecular complexity index is 1370. The lowest BCUT2D eigenvalue weighted by Gasteiger charge is -2.22. The molecule has 0 saturated carbocycles. The standard InChI is InChI=1S/C24H25N5O4/c1-14(2)11-21(29-23(31)17-8-4-6-10-19(17)27-28-29)22(30)26-20(24(32)33)12-15-13-25-18-9-5-3-7-16(15)18/h3-10,13-14,20-21,25H,11-12H2,1-2H3,(H,26,30)(H,32,33). The minimum absolute atomic E-state index is 0.0535. The first-order valence-electron chi connectivity index (χ1n) is 10.8. The summed E-state index contributed by atoms with van der Waals surface area (Å²) in [5.74, 6) is -1.69. The molecule has 2 aromatic carbocycles. The van der Waals surface area contributed by atoms with Gasteiger partial charge in [-0.25, -0.2) is 4.79 Å². The van der Waals surface area contributed by atoms with Gasteiger partial charge in [-0.2, -0.15) is 4.68 Å². The largest absolute Gasteiger partial charge is 0.480 e. The molecule has 4 rings (SSSR count). The van der Waals surface area contributed by atoms with E-state index in [1.807, 2.05) is 38.1 Å². The molecule has 9 nitrogen and oxygen atoms in total. The van der Waals surface area contributed by atoms with Crippen molar-refractivity contribution in [1.82, 2.24) is 25.3 Å². The Balaban J connectivity index is 1.64. The van der Waals surface area contributed by atoms with Gasteiger partial charge in [-0.05, 0) is 36.1 Å². The summed E-state index contributed by atoms with van der Waals surface area (Å²) < 4.78 is 1.06. The van der Waals surface area contributed by atoms with Gasteiger partial charge < -0.3 is 15.4 Å². The minimum atomic E-state index is -1.17. The van der Waals surface area contributed by atoms with Crippen molar-refractivity contribution in [2.45, 2.75) is 38.8 Å². The number of amides is 1. The van der Waals surface area contributed by atoms with Gasteiger partial charge in [-0.15, -0.1) is 5.10 Å². The van der Waals surface area contributed by atoms with Crippen LogP contribution in [0.15, 0.2) is 59.5 Å². The van der Waals surface area contributed by atoms with Gasteiger partial charge in [0.25, 0.3) is 5.56 Å². The molecule has 0 saturated heterocycles. The lowest BCUT2D eigenvalue weighted by atomic mass is 10.0. The number of aliphatic carboxylic acids is 1. The molecule has 9 heteroatoms. The molecule has 3 N–H and O–H groups in total. The number of benzene rings is 2. The molecule has 1 amide bonds. The monoisotopic (exact) mass is 447 g/mol. The van der Waals surface area contributed by atoms with Crippen molar-refractivity contribution in [3.05, 3.63) is 70.6 Å². The number of hydrogen-bond donors (Lipinski definition) is 3. The highest BCUT2D eigenvalue weighted by Gasteiger charge is 2.30. The van der Waals surface area contributed by atoms with Gasteiger partial charge in [0.1, 0.15) is 17.6 Å². The van der Waals surface area contributed by atoms with Crippen LogP contribution in [0.4, 0.5) is 0 Å². The van der Waals surface area contributed by atoms with E-state index in [0.717, 1.165) is 21.1 Å². The smallest absolute Gasteiger partial charge is 0.326 e. The second-order valence-corrected chi connectivity index (χ2v) is 8.46. The summed E-state index contributed by atoms with van der Waals surface area (Å²) in [5, 5.41) is 21.7. The topological polar surface area (TPSA) is 130 Å². The Morgan fingerprint density at radius 1 is 1.09 bits per heavy atom. The van der Waals surface area contributed by atoms with E-state index in [2.05, 4.69) is 20.6 Å². The maximum atomic E-state index is 13.3. The molecule has 0 aliphatic heterocycles. The highest BCUT2D eigenvalue weighted by molar-refractivity contribution is 5.88. The number of carboxylic acid groups (broad SMARTS) is 1. The molecule has 33 heavy (non-hydrogen) atoms. The number of carbonyl (C=O) groups excluding carboxylic acids is 1. The second kappa shape index (κ2) is 9.23. The Morgan fingerprint density at radius 2 is 1.79 bits per heavy atom. The van der Waals surface area contributed by atoms with Crippen LogP contribution in [0.1, 0.15) is 31.9 Å². The van der Waals surface area contributed by atoms with Crippen molar-refractivity contribution >= 4 is 33.7 Å². The molecule has 0 radical (unpaired) electrons. The molecule has 2 heterocycles. The normalized spacial score (nSPS) is 13.3. The summed E-state index contributed by atoms with van der Waals surface area (Å²) in [5.41, 5.74) is 1.66. The lowest BCUT2D eigenvalue weighted by Crippen LogP contribution is -2.47. The molecular formula is C24H25N5O4. The van der Waals surface area contributed by atoms with Gasteiger partial charge in [-0.3, -0.25) is 9.59 Å². The van der Waals surface area contributed by atoms with Crippen LogP contribution in [-0.2, 0) is 16.0 Å². The Hall–Kier alpha value is -4.01. The SMILES string of the molecule is CC(C)CC(C(=O)NC(Cc1c[nH]c2ccccc12)C(=O)O)n1nnc2ccccc2c1=O. The molecule has 0 aliphatic rings. The van der Waals surface area contributed by atoms with Crippen molar-refractivity contribution < 1.29 is 14.7 Å². The van der Waals surface area contributed by atoms with E-state index in [4.69, 9.17) is 0 Å². The number of rotatable bonds is 8. The predicted molar refractivity (Wildman–Crippen MR) is 124 cm³/mol. The van der Waals surface area contributed by atoms with Crippen LogP contribution in [-0.4, -0.2) is 43.0 Å². The molecule has 0 aliphatic carbocycles. The van der Waals surface area contributed by atoms with E-state index in [1.54, 1.807) is 30.5 Å². The van der Waals surface area contributed by atoms with Crippen molar-refractivity contribution in [3.63, 3.8) is 0 Å². The van der Waals surface area contributed by atoms with Crippen molar-refractivity contribution in [2.24, 2.45) is 5.92 Å². The van der Waals surface area contributed by atoms with Crippen LogP contribution in [0.25, 0.3) is 21.8 Å². The molecule has 2 aromatic heterocycles. The van der Waals surface area contributed by atoms with Crippen molar-refractivity contribution in [3.8, 4) is 0 Å². The van der Waals surface area contributed by atoms with Crippen molar-refractivity contribution in [2.75, 3.05) is 0 Å². The third-order valence-electron chi connectivity index (χ3n) is 5.60. The first kappa shape index (κ1) is 22.2. The lowest BCUT2D eigenvalue weighted by molar-refractivity contribution is -0.142. The molecular weight excluding hydrogens is 422 g/mol. The zero-order valence-electron chi connectivity index (χ0n) is 18.4. The number of nitrogens with zero attached hydrogens (tertiary/aromatic N) is 3. The maximum Gasteiger partial charge on any atom is 0.326 e. The second-order valence-electron chi connectivity index (χ2n) is 8.46. The van der Waals surface area contributed by atoms with Crippen LogP contribution in [0.2, 0.25) is 0 Å². The predicted octanol–water partition coefficient (Wildman–Crippen LogP) is 2.67. The van der Waals surface area contributed by atoms with Crippen LogP contribution >= 0.6 is 0 Å².